The summed E-state index contributed by atoms with van der Waals surface area (Å²) < 4.78 is 18.9. The lowest BCUT2D eigenvalue weighted by atomic mass is 10.2. The zero-order chi connectivity index (χ0) is 15.1. The molecule has 0 fully saturated rings. The average molecular weight is 286 g/mol. The van der Waals surface area contributed by atoms with Crippen LogP contribution < -0.4 is 16.0 Å². The van der Waals surface area contributed by atoms with Gasteiger partial charge in [-0.2, -0.15) is 0 Å². The number of hydrazine groups is 1. The first-order valence-electron chi connectivity index (χ1n) is 6.34. The van der Waals surface area contributed by atoms with Crippen LogP contribution in [0.2, 0.25) is 0 Å². The molecule has 0 radical (unpaired) electrons. The van der Waals surface area contributed by atoms with Crippen molar-refractivity contribution in [3.8, 4) is 5.75 Å². The van der Waals surface area contributed by atoms with E-state index in [1.165, 1.54) is 12.1 Å². The number of ether oxygens (including phenoxy) is 1. The Hall–Kier alpha value is -2.66. The Morgan fingerprint density at radius 2 is 1.90 bits per heavy atom. The Morgan fingerprint density at radius 1 is 1.19 bits per heavy atom. The zero-order valence-electron chi connectivity index (χ0n) is 11.3. The highest BCUT2D eigenvalue weighted by Gasteiger charge is 2.01. The third-order valence-electron chi connectivity index (χ3n) is 2.80. The van der Waals surface area contributed by atoms with Crippen molar-refractivity contribution >= 4 is 12.0 Å². The minimum atomic E-state index is -0.380. The molecule has 0 aromatic heterocycles. The Balaban J connectivity index is 1.95. The molecule has 108 valence electrons. The first-order chi connectivity index (χ1) is 10.2. The van der Waals surface area contributed by atoms with E-state index >= 15 is 0 Å². The topological polar surface area (TPSA) is 64.3 Å². The van der Waals surface area contributed by atoms with Gasteiger partial charge < -0.3 is 4.74 Å². The molecule has 0 aliphatic rings. The minimum Gasteiger partial charge on any atom is -0.489 e. The fourth-order valence-electron chi connectivity index (χ4n) is 1.67. The Bertz CT molecular complexity index is 639. The van der Waals surface area contributed by atoms with Crippen LogP contribution in [0.15, 0.2) is 54.6 Å². The largest absolute Gasteiger partial charge is 0.489 e. The zero-order valence-corrected chi connectivity index (χ0v) is 11.3. The molecule has 0 saturated carbocycles. The third-order valence-corrected chi connectivity index (χ3v) is 2.80. The molecule has 21 heavy (non-hydrogen) atoms. The molecule has 0 bridgehead atoms. The standard InChI is InChI=1S/C16H15FN2O2/c17-15-4-2-1-3-13(15)11-21-14-8-5-12(6-9-14)7-10-16(20)19-18/h1-10H,11,18H2,(H,19,20)/b10-7+. The molecular formula is C16H15FN2O2. The summed E-state index contributed by atoms with van der Waals surface area (Å²) >= 11 is 0. The lowest BCUT2D eigenvalue weighted by Crippen LogP contribution is -2.27. The van der Waals surface area contributed by atoms with E-state index in [-0.39, 0.29) is 18.3 Å². The molecule has 4 nitrogen and oxygen atoms in total. The molecule has 1 amide bonds. The van der Waals surface area contributed by atoms with Gasteiger partial charge in [-0.1, -0.05) is 30.3 Å². The van der Waals surface area contributed by atoms with Crippen LogP contribution in [0.5, 0.6) is 5.75 Å². The number of hydrogen-bond acceptors (Lipinski definition) is 3. The number of halogens is 1. The highest BCUT2D eigenvalue weighted by atomic mass is 19.1. The Labute approximate surface area is 122 Å². The quantitative estimate of drug-likeness (QED) is 0.384. The summed E-state index contributed by atoms with van der Waals surface area (Å²) in [6.45, 7) is 0.164. The molecule has 0 spiro atoms. The second kappa shape index (κ2) is 7.21. The number of amides is 1. The number of benzene rings is 2. The maximum absolute atomic E-state index is 13.4. The van der Waals surface area contributed by atoms with Crippen molar-refractivity contribution in [2.24, 2.45) is 5.84 Å². The van der Waals surface area contributed by atoms with Crippen molar-refractivity contribution in [1.82, 2.24) is 5.43 Å². The summed E-state index contributed by atoms with van der Waals surface area (Å²) in [6, 6.07) is 13.6. The second-order valence-electron chi connectivity index (χ2n) is 4.29. The molecular weight excluding hydrogens is 271 g/mol. The first-order valence-corrected chi connectivity index (χ1v) is 6.34. The summed E-state index contributed by atoms with van der Waals surface area (Å²) in [5.41, 5.74) is 3.34. The molecule has 0 aliphatic heterocycles. The molecule has 0 unspecified atom stereocenters. The van der Waals surface area contributed by atoms with Gasteiger partial charge in [-0.05, 0) is 29.8 Å². The van der Waals surface area contributed by atoms with Gasteiger partial charge in [-0.3, -0.25) is 10.2 Å². The summed E-state index contributed by atoms with van der Waals surface area (Å²) in [6.07, 6.45) is 2.96. The van der Waals surface area contributed by atoms with E-state index < -0.39 is 0 Å². The molecule has 3 N–H and O–H groups in total. The monoisotopic (exact) mass is 286 g/mol. The van der Waals surface area contributed by atoms with E-state index in [0.717, 1.165) is 5.56 Å². The van der Waals surface area contributed by atoms with Gasteiger partial charge in [0.05, 0.1) is 0 Å². The second-order valence-corrected chi connectivity index (χ2v) is 4.29. The van der Waals surface area contributed by atoms with E-state index in [2.05, 4.69) is 0 Å². The van der Waals surface area contributed by atoms with Crippen LogP contribution in [-0.2, 0) is 11.4 Å². The normalized spacial score (nSPS) is 10.6. The molecule has 0 aliphatic carbocycles. The van der Waals surface area contributed by atoms with Crippen molar-refractivity contribution in [3.63, 3.8) is 0 Å². The summed E-state index contributed by atoms with van der Waals surface area (Å²) in [5.74, 6) is 4.92. The average Bonchev–Trinajstić information content (AvgIpc) is 2.53. The summed E-state index contributed by atoms with van der Waals surface area (Å²) in [5, 5.41) is 0. The van der Waals surface area contributed by atoms with Crippen molar-refractivity contribution in [2.75, 3.05) is 0 Å². The molecule has 2 aromatic rings. The summed E-state index contributed by atoms with van der Waals surface area (Å²) in [7, 11) is 0. The Kier molecular flexibility index (Phi) is 5.06. The highest BCUT2D eigenvalue weighted by molar-refractivity contribution is 5.91. The van der Waals surface area contributed by atoms with Crippen LogP contribution in [0.1, 0.15) is 11.1 Å². The van der Waals surface area contributed by atoms with Crippen LogP contribution >= 0.6 is 0 Å². The van der Waals surface area contributed by atoms with E-state index in [4.69, 9.17) is 10.6 Å². The van der Waals surface area contributed by atoms with Gasteiger partial charge in [0.2, 0.25) is 0 Å². The van der Waals surface area contributed by atoms with Crippen molar-refractivity contribution in [2.45, 2.75) is 6.61 Å². The number of hydrogen-bond donors (Lipinski definition) is 2. The van der Waals surface area contributed by atoms with Gasteiger partial charge in [0.25, 0.3) is 5.91 Å². The maximum Gasteiger partial charge on any atom is 0.257 e. The number of nitrogens with two attached hydrogens (primary N) is 1. The van der Waals surface area contributed by atoms with Gasteiger partial charge >= 0.3 is 0 Å². The maximum atomic E-state index is 13.4. The molecule has 0 heterocycles. The van der Waals surface area contributed by atoms with Gasteiger partial charge in [0, 0.05) is 11.6 Å². The van der Waals surface area contributed by atoms with Crippen LogP contribution in [0.25, 0.3) is 6.08 Å². The van der Waals surface area contributed by atoms with Crippen LogP contribution in [-0.4, -0.2) is 5.91 Å². The summed E-state index contributed by atoms with van der Waals surface area (Å²) in [4.78, 5) is 11.0. The van der Waals surface area contributed by atoms with E-state index in [9.17, 15) is 9.18 Å². The van der Waals surface area contributed by atoms with E-state index in [0.29, 0.717) is 11.3 Å². The SMILES string of the molecule is NNC(=O)/C=C/c1ccc(OCc2ccccc2F)cc1. The number of carbonyl (C=O) groups is 1. The molecule has 2 aromatic carbocycles. The molecule has 5 heteroatoms. The van der Waals surface area contributed by atoms with Crippen LogP contribution in [0, 0.1) is 5.82 Å². The fourth-order valence-corrected chi connectivity index (χ4v) is 1.67. The van der Waals surface area contributed by atoms with Crippen molar-refractivity contribution < 1.29 is 13.9 Å². The fraction of sp³-hybridized carbons (Fsp3) is 0.0625. The predicted octanol–water partition coefficient (Wildman–Crippen LogP) is 2.41. The number of nitrogens with one attached hydrogen (secondary N) is 1. The van der Waals surface area contributed by atoms with Gasteiger partial charge in [0.15, 0.2) is 0 Å². The molecule has 0 saturated heterocycles. The highest BCUT2D eigenvalue weighted by Crippen LogP contribution is 2.16. The third kappa shape index (κ3) is 4.43. The number of carbonyl (C=O) groups excluding carboxylic acids is 1. The Morgan fingerprint density at radius 3 is 2.57 bits per heavy atom. The van der Waals surface area contributed by atoms with Gasteiger partial charge in [0.1, 0.15) is 18.2 Å². The number of rotatable bonds is 5. The molecule has 2 rings (SSSR count). The lowest BCUT2D eigenvalue weighted by Gasteiger charge is -2.07. The van der Waals surface area contributed by atoms with Crippen LogP contribution in [0.3, 0.4) is 0 Å². The van der Waals surface area contributed by atoms with E-state index in [1.54, 1.807) is 48.5 Å². The van der Waals surface area contributed by atoms with Crippen LogP contribution in [0.4, 0.5) is 4.39 Å². The first kappa shape index (κ1) is 14.7. The van der Waals surface area contributed by atoms with Gasteiger partial charge in [-0.25, -0.2) is 10.2 Å². The van der Waals surface area contributed by atoms with Gasteiger partial charge in [-0.15, -0.1) is 0 Å². The lowest BCUT2D eigenvalue weighted by molar-refractivity contribution is -0.116. The minimum absolute atomic E-state index is 0.164. The van der Waals surface area contributed by atoms with Crippen molar-refractivity contribution in [3.05, 3.63) is 71.6 Å². The van der Waals surface area contributed by atoms with Crippen molar-refractivity contribution in [1.29, 1.82) is 0 Å². The van der Waals surface area contributed by atoms with E-state index in [1.807, 2.05) is 5.43 Å². The smallest absolute Gasteiger partial charge is 0.257 e. The molecule has 0 atom stereocenters. The predicted molar refractivity (Wildman–Crippen MR) is 78.5 cm³/mol.